The lowest BCUT2D eigenvalue weighted by Gasteiger charge is -2.13. The monoisotopic (exact) mass is 829 g/mol. The first-order valence-electron chi connectivity index (χ1n) is 21.9. The molecule has 0 aliphatic rings. The van der Waals surface area contributed by atoms with Gasteiger partial charge in [-0.25, -0.2) is 19.9 Å². The van der Waals surface area contributed by atoms with Crippen molar-refractivity contribution in [2.24, 2.45) is 0 Å². The normalized spacial score (nSPS) is 11.4. The molecule has 5 nitrogen and oxygen atoms in total. The first kappa shape index (κ1) is 37.9. The Morgan fingerprint density at radius 2 is 0.738 bits per heavy atom. The molecular formula is C60H39N5. The van der Waals surface area contributed by atoms with Gasteiger partial charge >= 0.3 is 0 Å². The second kappa shape index (κ2) is 16.2. The minimum absolute atomic E-state index is 0.574. The Kier molecular flexibility index (Phi) is 9.42. The van der Waals surface area contributed by atoms with Gasteiger partial charge in [-0.05, 0) is 97.7 Å². The average Bonchev–Trinajstić information content (AvgIpc) is 3.73. The zero-order valence-corrected chi connectivity index (χ0v) is 35.3. The highest BCUT2D eigenvalue weighted by molar-refractivity contribution is 6.24. The number of hydrogen-bond donors (Lipinski definition) is 0. The fourth-order valence-corrected chi connectivity index (χ4v) is 9.17. The van der Waals surface area contributed by atoms with Crippen LogP contribution in [0.15, 0.2) is 237 Å². The molecule has 0 radical (unpaired) electrons. The van der Waals surface area contributed by atoms with Crippen molar-refractivity contribution in [3.8, 4) is 84.5 Å². The van der Waals surface area contributed by atoms with E-state index in [2.05, 4.69) is 168 Å². The second-order valence-corrected chi connectivity index (χ2v) is 16.3. The molecule has 65 heavy (non-hydrogen) atoms. The summed E-state index contributed by atoms with van der Waals surface area (Å²) in [4.78, 5) is 20.3. The van der Waals surface area contributed by atoms with Crippen molar-refractivity contribution in [3.05, 3.63) is 237 Å². The molecule has 12 rings (SSSR count). The first-order chi connectivity index (χ1) is 32.2. The number of rotatable bonds is 8. The maximum absolute atomic E-state index is 5.15. The van der Waals surface area contributed by atoms with Crippen LogP contribution >= 0.6 is 0 Å². The van der Waals surface area contributed by atoms with Crippen molar-refractivity contribution < 1.29 is 0 Å². The summed E-state index contributed by atoms with van der Waals surface area (Å²) in [6.07, 6.45) is 1.87. The summed E-state index contributed by atoms with van der Waals surface area (Å²) in [6.45, 7) is 0. The fourth-order valence-electron chi connectivity index (χ4n) is 9.17. The molecule has 0 aliphatic heterocycles. The van der Waals surface area contributed by atoms with E-state index in [9.17, 15) is 0 Å². The highest BCUT2D eigenvalue weighted by atomic mass is 15.1. The zero-order chi connectivity index (χ0) is 43.1. The number of hydrogen-bond acceptors (Lipinski definition) is 4. The summed E-state index contributed by atoms with van der Waals surface area (Å²) in [5.41, 5.74) is 14.0. The van der Waals surface area contributed by atoms with Gasteiger partial charge in [0.05, 0.1) is 11.0 Å². The van der Waals surface area contributed by atoms with Crippen LogP contribution in [-0.4, -0.2) is 24.5 Å². The Labute approximate surface area is 376 Å². The second-order valence-electron chi connectivity index (χ2n) is 16.3. The largest absolute Gasteiger partial charge is 0.294 e. The van der Waals surface area contributed by atoms with Crippen molar-refractivity contribution in [1.29, 1.82) is 0 Å². The van der Waals surface area contributed by atoms with Crippen molar-refractivity contribution in [2.75, 3.05) is 0 Å². The molecule has 304 valence electrons. The molecule has 5 heteroatoms. The molecule has 0 saturated heterocycles. The van der Waals surface area contributed by atoms with Crippen LogP contribution in [0.1, 0.15) is 0 Å². The van der Waals surface area contributed by atoms with E-state index in [0.717, 1.165) is 72.3 Å². The van der Waals surface area contributed by atoms with Crippen LogP contribution in [0.3, 0.4) is 0 Å². The minimum atomic E-state index is 0.574. The Morgan fingerprint density at radius 1 is 0.277 bits per heavy atom. The summed E-state index contributed by atoms with van der Waals surface area (Å²) < 4.78 is 2.33. The van der Waals surface area contributed by atoms with E-state index in [0.29, 0.717) is 17.5 Å². The van der Waals surface area contributed by atoms with Crippen molar-refractivity contribution in [2.45, 2.75) is 0 Å². The minimum Gasteiger partial charge on any atom is -0.294 e. The van der Waals surface area contributed by atoms with E-state index < -0.39 is 0 Å². The molecule has 0 unspecified atom stereocenters. The summed E-state index contributed by atoms with van der Waals surface area (Å²) in [5.74, 6) is 2.56. The van der Waals surface area contributed by atoms with E-state index >= 15 is 0 Å². The predicted octanol–water partition coefficient (Wildman–Crippen LogP) is 15.2. The summed E-state index contributed by atoms with van der Waals surface area (Å²) in [5, 5.41) is 4.71. The van der Waals surface area contributed by atoms with Crippen LogP contribution < -0.4 is 0 Å². The van der Waals surface area contributed by atoms with Crippen LogP contribution in [0.5, 0.6) is 0 Å². The quantitative estimate of drug-likeness (QED) is 0.153. The third-order valence-corrected chi connectivity index (χ3v) is 12.3. The molecule has 9 aromatic carbocycles. The number of pyridine rings is 1. The topological polar surface area (TPSA) is 56.5 Å². The van der Waals surface area contributed by atoms with Gasteiger partial charge < -0.3 is 0 Å². The number of fused-ring (bicyclic) bond motifs is 5. The van der Waals surface area contributed by atoms with Crippen LogP contribution in [0, 0.1) is 0 Å². The molecule has 0 N–H and O–H groups in total. The van der Waals surface area contributed by atoms with Gasteiger partial charge in [0.1, 0.15) is 5.82 Å². The van der Waals surface area contributed by atoms with Gasteiger partial charge in [-0.1, -0.05) is 188 Å². The maximum Gasteiger partial charge on any atom is 0.164 e. The van der Waals surface area contributed by atoms with E-state index in [1.165, 1.54) is 27.3 Å². The smallest absolute Gasteiger partial charge is 0.164 e. The Morgan fingerprint density at radius 3 is 1.29 bits per heavy atom. The molecule has 3 aromatic heterocycles. The molecular weight excluding hydrogens is 791 g/mol. The van der Waals surface area contributed by atoms with Gasteiger partial charge in [0.2, 0.25) is 0 Å². The van der Waals surface area contributed by atoms with E-state index in [1.807, 2.05) is 72.9 Å². The summed E-state index contributed by atoms with van der Waals surface area (Å²) in [7, 11) is 0. The van der Waals surface area contributed by atoms with Gasteiger partial charge in [-0.15, -0.1) is 0 Å². The average molecular weight is 830 g/mol. The zero-order valence-electron chi connectivity index (χ0n) is 35.3. The molecule has 0 fully saturated rings. The first-order valence-corrected chi connectivity index (χ1v) is 21.9. The van der Waals surface area contributed by atoms with Crippen molar-refractivity contribution in [3.63, 3.8) is 0 Å². The molecule has 3 heterocycles. The summed E-state index contributed by atoms with van der Waals surface area (Å²) in [6, 6.07) is 81.2. The van der Waals surface area contributed by atoms with Gasteiger partial charge in [0.15, 0.2) is 17.5 Å². The Balaban J connectivity index is 1.12. The summed E-state index contributed by atoms with van der Waals surface area (Å²) >= 11 is 0. The van der Waals surface area contributed by atoms with Gasteiger partial charge in [-0.3, -0.25) is 4.57 Å². The SMILES string of the molecule is c1ccc(-c2cc(-c3ccccc3)cc(-c3ccc4c5c6ccccc6c(-c6ccccc6)cc5n(-c5cc(-c6nc(-c7ccccc7)nc(-c7ccccc7)n6)ccn5)c4c3)c2)cc1. The molecule has 12 aromatic rings. The third-order valence-electron chi connectivity index (χ3n) is 12.3. The molecule has 0 saturated carbocycles. The van der Waals surface area contributed by atoms with Gasteiger partial charge in [0.25, 0.3) is 0 Å². The number of nitrogens with zero attached hydrogens (tertiary/aromatic N) is 5. The lowest BCUT2D eigenvalue weighted by Crippen LogP contribution is -2.02. The van der Waals surface area contributed by atoms with Gasteiger partial charge in [0, 0.05) is 33.7 Å². The molecule has 0 spiro atoms. The van der Waals surface area contributed by atoms with Gasteiger partial charge in [-0.2, -0.15) is 0 Å². The fraction of sp³-hybridized carbons (Fsp3) is 0. The van der Waals surface area contributed by atoms with Crippen molar-refractivity contribution in [1.82, 2.24) is 24.5 Å². The standard InChI is InChI=1S/C60H39N5/c1-6-18-40(19-7-1)47-34-48(41-20-8-2-9-21-41)36-49(35-47)45-30-31-52-54(37-45)65(55-39-53(42-22-10-3-11-23-42)50-28-16-17-29-51(50)57(52)55)56-38-46(32-33-61-56)60-63-58(43-24-12-4-13-25-43)62-59(64-60)44-26-14-5-15-27-44/h1-39H. The maximum atomic E-state index is 5.15. The lowest BCUT2D eigenvalue weighted by molar-refractivity contribution is 1.05. The predicted molar refractivity (Wildman–Crippen MR) is 268 cm³/mol. The van der Waals surface area contributed by atoms with E-state index in [-0.39, 0.29) is 0 Å². The number of benzene rings is 9. The Hall–Kier alpha value is -8.80. The van der Waals surface area contributed by atoms with Crippen LogP contribution in [0.2, 0.25) is 0 Å². The third kappa shape index (κ3) is 7.02. The molecule has 0 aliphatic carbocycles. The van der Waals surface area contributed by atoms with E-state index in [1.54, 1.807) is 0 Å². The van der Waals surface area contributed by atoms with Crippen LogP contribution in [-0.2, 0) is 0 Å². The number of aromatic nitrogens is 5. The van der Waals surface area contributed by atoms with Crippen LogP contribution in [0.25, 0.3) is 117 Å². The Bertz CT molecular complexity index is 3570. The highest BCUT2D eigenvalue weighted by Crippen LogP contribution is 2.43. The molecule has 0 amide bonds. The van der Waals surface area contributed by atoms with Crippen LogP contribution in [0.4, 0.5) is 0 Å². The van der Waals surface area contributed by atoms with E-state index in [4.69, 9.17) is 19.9 Å². The van der Waals surface area contributed by atoms with Crippen molar-refractivity contribution >= 4 is 32.6 Å². The highest BCUT2D eigenvalue weighted by Gasteiger charge is 2.21. The lowest BCUT2D eigenvalue weighted by atomic mass is 9.92. The molecule has 0 bridgehead atoms. The molecule has 0 atom stereocenters.